The van der Waals surface area contributed by atoms with E-state index in [4.69, 9.17) is 13.9 Å². The molecule has 3 aliphatic rings. The number of hydrogen-bond acceptors (Lipinski definition) is 7. The van der Waals surface area contributed by atoms with Gasteiger partial charge in [0.1, 0.15) is 35.1 Å². The van der Waals surface area contributed by atoms with E-state index in [1.807, 2.05) is 48.5 Å². The maximum absolute atomic E-state index is 13.8. The van der Waals surface area contributed by atoms with Crippen LogP contribution in [0.4, 0.5) is 0 Å². The monoisotopic (exact) mass is 575 g/mol. The number of nitrogens with zero attached hydrogens (tertiary/aromatic N) is 2. The molecule has 2 aromatic heterocycles. The van der Waals surface area contributed by atoms with Gasteiger partial charge in [-0.3, -0.25) is 14.5 Å². The summed E-state index contributed by atoms with van der Waals surface area (Å²) in [6, 6.07) is 15.1. The first kappa shape index (κ1) is 27.2. The van der Waals surface area contributed by atoms with Gasteiger partial charge in [-0.15, -0.1) is 0 Å². The SMILES string of the molecule is CC1(C)c2cc(OCCN3CCNC(=O)C3)ccc2C(=O)c2c1oc1cc(C#Cc3cc(OCC4CC4)ccn3)ccc21. The lowest BCUT2D eigenvalue weighted by Gasteiger charge is -2.31. The van der Waals surface area contributed by atoms with Gasteiger partial charge in [0.2, 0.25) is 5.91 Å². The van der Waals surface area contributed by atoms with Gasteiger partial charge in [-0.1, -0.05) is 5.92 Å². The fraction of sp³-hybridized carbons (Fsp3) is 0.343. The molecule has 1 saturated carbocycles. The van der Waals surface area contributed by atoms with Gasteiger partial charge in [-0.25, -0.2) is 4.98 Å². The molecule has 4 aromatic rings. The van der Waals surface area contributed by atoms with Crippen LogP contribution in [0.3, 0.4) is 0 Å². The second-order valence-electron chi connectivity index (χ2n) is 12.0. The number of aromatic nitrogens is 1. The lowest BCUT2D eigenvalue weighted by atomic mass is 9.71. The van der Waals surface area contributed by atoms with Crippen LogP contribution in [0.2, 0.25) is 0 Å². The maximum atomic E-state index is 13.8. The second-order valence-corrected chi connectivity index (χ2v) is 12.0. The second kappa shape index (κ2) is 10.9. The van der Waals surface area contributed by atoms with Crippen LogP contribution in [0.5, 0.6) is 11.5 Å². The topological polar surface area (TPSA) is 93.9 Å². The van der Waals surface area contributed by atoms with Crippen molar-refractivity contribution < 1.29 is 23.5 Å². The quantitative estimate of drug-likeness (QED) is 0.320. The number of carbonyl (C=O) groups is 2. The molecule has 7 rings (SSSR count). The van der Waals surface area contributed by atoms with E-state index in [9.17, 15) is 9.59 Å². The van der Waals surface area contributed by atoms with Gasteiger partial charge in [0.25, 0.3) is 0 Å². The number of furan rings is 1. The number of pyridine rings is 1. The minimum absolute atomic E-state index is 0.0392. The first-order valence-corrected chi connectivity index (χ1v) is 14.8. The van der Waals surface area contributed by atoms with Crippen molar-refractivity contribution in [3.63, 3.8) is 0 Å². The van der Waals surface area contributed by atoms with Gasteiger partial charge in [0.05, 0.1) is 18.7 Å². The van der Waals surface area contributed by atoms with Crippen molar-refractivity contribution >= 4 is 22.7 Å². The van der Waals surface area contributed by atoms with Crippen molar-refractivity contribution in [3.8, 4) is 23.3 Å². The van der Waals surface area contributed by atoms with E-state index in [1.165, 1.54) is 12.8 Å². The predicted octanol–water partition coefficient (Wildman–Crippen LogP) is 4.70. The summed E-state index contributed by atoms with van der Waals surface area (Å²) in [6.45, 7) is 7.83. The van der Waals surface area contributed by atoms with Crippen LogP contribution < -0.4 is 14.8 Å². The average Bonchev–Trinajstić information content (AvgIpc) is 3.76. The van der Waals surface area contributed by atoms with E-state index in [0.29, 0.717) is 66.1 Å². The molecule has 0 bridgehead atoms. The minimum Gasteiger partial charge on any atom is -0.493 e. The van der Waals surface area contributed by atoms with Crippen LogP contribution in [-0.2, 0) is 10.2 Å². The zero-order valence-corrected chi connectivity index (χ0v) is 24.4. The summed E-state index contributed by atoms with van der Waals surface area (Å²) in [5.41, 5.74) is 3.60. The molecule has 1 aliphatic heterocycles. The summed E-state index contributed by atoms with van der Waals surface area (Å²) in [6.07, 6.45) is 4.19. The standard InChI is InChI=1S/C35H33N3O5/c1-35(2)29-19-25(41-16-15-38-14-13-37-31(39)20-38)8-10-27(29)33(40)32-28-9-6-22(17-30(28)43-34(32)35)5-7-24-18-26(11-12-36-24)42-21-23-3-4-23/h6,8-12,17-19,23H,3-4,13-16,20-21H2,1-2H3,(H,37,39). The number of hydrogen-bond donors (Lipinski definition) is 1. The Hall–Kier alpha value is -4.61. The van der Waals surface area contributed by atoms with E-state index >= 15 is 0 Å². The van der Waals surface area contributed by atoms with Gasteiger partial charge < -0.3 is 19.2 Å². The predicted molar refractivity (Wildman–Crippen MR) is 162 cm³/mol. The van der Waals surface area contributed by atoms with Crippen LogP contribution in [0.25, 0.3) is 11.0 Å². The number of fused-ring (bicyclic) bond motifs is 4. The molecule has 0 spiro atoms. The van der Waals surface area contributed by atoms with Crippen molar-refractivity contribution in [2.45, 2.75) is 32.1 Å². The Kier molecular flexibility index (Phi) is 6.91. The molecule has 218 valence electrons. The van der Waals surface area contributed by atoms with Gasteiger partial charge in [-0.05, 0) is 86.6 Å². The third-order valence-electron chi connectivity index (χ3n) is 8.44. The number of rotatable bonds is 7. The van der Waals surface area contributed by atoms with E-state index in [2.05, 4.69) is 40.9 Å². The van der Waals surface area contributed by atoms with Gasteiger partial charge in [-0.2, -0.15) is 0 Å². The lowest BCUT2D eigenvalue weighted by molar-refractivity contribution is -0.124. The molecule has 1 N–H and O–H groups in total. The smallest absolute Gasteiger partial charge is 0.234 e. The van der Waals surface area contributed by atoms with Crippen molar-refractivity contribution in [2.75, 3.05) is 39.4 Å². The number of nitrogens with one attached hydrogen (secondary N) is 1. The van der Waals surface area contributed by atoms with Crippen LogP contribution in [-0.4, -0.2) is 61.0 Å². The van der Waals surface area contributed by atoms with Crippen LogP contribution in [0.15, 0.2) is 59.1 Å². The molecule has 1 amide bonds. The molecule has 43 heavy (non-hydrogen) atoms. The van der Waals surface area contributed by atoms with Gasteiger partial charge in [0.15, 0.2) is 5.78 Å². The molecule has 2 aliphatic carbocycles. The van der Waals surface area contributed by atoms with Crippen LogP contribution >= 0.6 is 0 Å². The third-order valence-corrected chi connectivity index (χ3v) is 8.44. The Balaban J connectivity index is 1.11. The van der Waals surface area contributed by atoms with E-state index < -0.39 is 5.41 Å². The van der Waals surface area contributed by atoms with Crippen molar-refractivity contribution in [3.05, 3.63) is 88.4 Å². The van der Waals surface area contributed by atoms with Crippen LogP contribution in [0.1, 0.15) is 65.2 Å². The van der Waals surface area contributed by atoms with Crippen LogP contribution in [0, 0.1) is 17.8 Å². The molecule has 1 saturated heterocycles. The number of ketones is 1. The summed E-state index contributed by atoms with van der Waals surface area (Å²) in [4.78, 5) is 31.9. The highest BCUT2D eigenvalue weighted by atomic mass is 16.5. The minimum atomic E-state index is -0.557. The number of carbonyl (C=O) groups excluding carboxylic acids is 2. The molecule has 0 radical (unpaired) electrons. The highest BCUT2D eigenvalue weighted by Crippen LogP contribution is 2.46. The van der Waals surface area contributed by atoms with Gasteiger partial charge in [0, 0.05) is 53.8 Å². The van der Waals surface area contributed by atoms with E-state index in [1.54, 1.807) is 6.20 Å². The summed E-state index contributed by atoms with van der Waals surface area (Å²) in [5, 5.41) is 3.62. The number of piperazine rings is 1. The normalized spacial score (nSPS) is 17.4. The summed E-state index contributed by atoms with van der Waals surface area (Å²) >= 11 is 0. The molecule has 2 fully saturated rings. The Bertz CT molecular complexity index is 1810. The van der Waals surface area contributed by atoms with E-state index in [0.717, 1.165) is 35.4 Å². The summed E-state index contributed by atoms with van der Waals surface area (Å²) in [7, 11) is 0. The highest BCUT2D eigenvalue weighted by molar-refractivity contribution is 6.19. The van der Waals surface area contributed by atoms with Gasteiger partial charge >= 0.3 is 0 Å². The largest absolute Gasteiger partial charge is 0.493 e. The van der Waals surface area contributed by atoms with Crippen molar-refractivity contribution in [1.82, 2.24) is 15.2 Å². The Labute approximate surface area is 250 Å². The fourth-order valence-electron chi connectivity index (χ4n) is 5.80. The zero-order valence-electron chi connectivity index (χ0n) is 24.4. The molecular formula is C35H33N3O5. The average molecular weight is 576 g/mol. The lowest BCUT2D eigenvalue weighted by Crippen LogP contribution is -2.48. The number of amides is 1. The Morgan fingerprint density at radius 1 is 1.05 bits per heavy atom. The summed E-state index contributed by atoms with van der Waals surface area (Å²) < 4.78 is 18.3. The molecule has 8 nitrogen and oxygen atoms in total. The van der Waals surface area contributed by atoms with Crippen molar-refractivity contribution in [2.24, 2.45) is 5.92 Å². The molecule has 0 unspecified atom stereocenters. The number of ether oxygens (including phenoxy) is 2. The third kappa shape index (κ3) is 5.49. The van der Waals surface area contributed by atoms with Crippen molar-refractivity contribution in [1.29, 1.82) is 0 Å². The zero-order chi connectivity index (χ0) is 29.6. The fourth-order valence-corrected chi connectivity index (χ4v) is 5.80. The molecule has 2 aromatic carbocycles. The molecule has 0 atom stereocenters. The molecule has 3 heterocycles. The highest BCUT2D eigenvalue weighted by Gasteiger charge is 2.41. The summed E-state index contributed by atoms with van der Waals surface area (Å²) in [5.74, 6) is 9.09. The number of benzene rings is 2. The molecule has 8 heteroatoms. The van der Waals surface area contributed by atoms with E-state index in [-0.39, 0.29) is 11.7 Å². The Morgan fingerprint density at radius 3 is 2.74 bits per heavy atom. The Morgan fingerprint density at radius 2 is 1.91 bits per heavy atom. The maximum Gasteiger partial charge on any atom is 0.234 e. The first-order chi connectivity index (χ1) is 20.8. The first-order valence-electron chi connectivity index (χ1n) is 14.8. The molecular weight excluding hydrogens is 542 g/mol.